The van der Waals surface area contributed by atoms with E-state index >= 15 is 0 Å². The van der Waals surface area contributed by atoms with Gasteiger partial charge in [-0.1, -0.05) is 36.7 Å². The Labute approximate surface area is 194 Å². The van der Waals surface area contributed by atoms with E-state index < -0.39 is 0 Å². The first kappa shape index (κ1) is 22.5. The van der Waals surface area contributed by atoms with Crippen molar-refractivity contribution >= 4 is 29.2 Å². The van der Waals surface area contributed by atoms with Gasteiger partial charge in [-0.15, -0.1) is 10.2 Å². The van der Waals surface area contributed by atoms with Crippen LogP contribution in [-0.4, -0.2) is 71.1 Å². The summed E-state index contributed by atoms with van der Waals surface area (Å²) in [7, 11) is 0. The number of carbonyl (C=O) groups excluding carboxylic acids is 2. The van der Waals surface area contributed by atoms with Crippen LogP contribution in [0.15, 0.2) is 36.4 Å². The number of hydrogen-bond donors (Lipinski definition) is 0. The van der Waals surface area contributed by atoms with Gasteiger partial charge >= 0.3 is 0 Å². The molecule has 7 nitrogen and oxygen atoms in total. The largest absolute Gasteiger partial charge is 0.353 e. The first-order valence-corrected chi connectivity index (χ1v) is 11.8. The number of rotatable bonds is 7. The Morgan fingerprint density at radius 2 is 1.88 bits per heavy atom. The van der Waals surface area contributed by atoms with Gasteiger partial charge in [0, 0.05) is 44.7 Å². The molecular weight excluding hydrogens is 426 g/mol. The number of nitrogens with zero attached hydrogens (tertiary/aromatic N) is 5. The van der Waals surface area contributed by atoms with Crippen LogP contribution in [0.3, 0.4) is 0 Å². The van der Waals surface area contributed by atoms with Crippen LogP contribution in [0.1, 0.15) is 32.6 Å². The van der Waals surface area contributed by atoms with E-state index in [4.69, 9.17) is 11.6 Å². The second kappa shape index (κ2) is 10.3. The first-order valence-electron chi connectivity index (χ1n) is 11.4. The van der Waals surface area contributed by atoms with Crippen molar-refractivity contribution in [3.63, 3.8) is 0 Å². The van der Waals surface area contributed by atoms with Crippen LogP contribution in [0.2, 0.25) is 5.02 Å². The van der Waals surface area contributed by atoms with Crippen LogP contribution in [-0.2, 0) is 9.59 Å². The number of amides is 2. The van der Waals surface area contributed by atoms with Crippen molar-refractivity contribution in [2.75, 3.05) is 44.2 Å². The lowest BCUT2D eigenvalue weighted by Gasteiger charge is -2.27. The summed E-state index contributed by atoms with van der Waals surface area (Å²) in [6, 6.07) is 11.5. The maximum atomic E-state index is 12.9. The third-order valence-electron chi connectivity index (χ3n) is 6.13. The Kier molecular flexibility index (Phi) is 7.25. The van der Waals surface area contributed by atoms with E-state index in [2.05, 4.69) is 15.1 Å². The Bertz CT molecular complexity index is 948. The number of carbonyl (C=O) groups is 2. The van der Waals surface area contributed by atoms with Crippen molar-refractivity contribution in [1.29, 1.82) is 0 Å². The summed E-state index contributed by atoms with van der Waals surface area (Å²) in [6.45, 7) is 5.57. The molecule has 1 saturated carbocycles. The van der Waals surface area contributed by atoms with Gasteiger partial charge in [-0.25, -0.2) is 0 Å². The molecular formula is C24H30ClN5O2. The molecule has 8 heteroatoms. The number of halogens is 1. The average Bonchev–Trinajstić information content (AvgIpc) is 3.65. The zero-order valence-electron chi connectivity index (χ0n) is 18.5. The molecule has 2 heterocycles. The van der Waals surface area contributed by atoms with E-state index in [1.807, 2.05) is 48.2 Å². The van der Waals surface area contributed by atoms with Gasteiger partial charge in [-0.2, -0.15) is 0 Å². The molecule has 0 spiro atoms. The van der Waals surface area contributed by atoms with E-state index in [1.54, 1.807) is 4.90 Å². The van der Waals surface area contributed by atoms with E-state index in [9.17, 15) is 9.59 Å². The van der Waals surface area contributed by atoms with Crippen LogP contribution in [0.4, 0.5) is 5.82 Å². The third-order valence-corrected chi connectivity index (χ3v) is 6.46. The SMILES string of the molecule is CCC(=O)N(CC(=O)N1CCCN(c2ccc(-c3ccccc3Cl)nn2)CC1)CC1CC1. The predicted molar refractivity (Wildman–Crippen MR) is 125 cm³/mol. The number of aromatic nitrogens is 2. The maximum absolute atomic E-state index is 12.9. The highest BCUT2D eigenvalue weighted by Gasteiger charge is 2.29. The third kappa shape index (κ3) is 5.57. The van der Waals surface area contributed by atoms with Crippen LogP contribution >= 0.6 is 11.6 Å². The fourth-order valence-electron chi connectivity index (χ4n) is 4.06. The van der Waals surface area contributed by atoms with Gasteiger partial charge in [0.2, 0.25) is 11.8 Å². The Morgan fingerprint density at radius 1 is 1.06 bits per heavy atom. The van der Waals surface area contributed by atoms with Gasteiger partial charge in [-0.3, -0.25) is 9.59 Å². The molecule has 2 amide bonds. The molecule has 2 aromatic rings. The summed E-state index contributed by atoms with van der Waals surface area (Å²) in [4.78, 5) is 31.0. The van der Waals surface area contributed by atoms with E-state index in [-0.39, 0.29) is 18.4 Å². The molecule has 0 bridgehead atoms. The van der Waals surface area contributed by atoms with E-state index in [1.165, 1.54) is 0 Å². The van der Waals surface area contributed by atoms with Crippen molar-refractivity contribution in [3.05, 3.63) is 41.4 Å². The minimum atomic E-state index is 0.0365. The molecule has 1 aliphatic heterocycles. The van der Waals surface area contributed by atoms with Gasteiger partial charge < -0.3 is 14.7 Å². The molecule has 32 heavy (non-hydrogen) atoms. The lowest BCUT2D eigenvalue weighted by molar-refractivity contribution is -0.140. The molecule has 0 N–H and O–H groups in total. The van der Waals surface area contributed by atoms with Crippen molar-refractivity contribution < 1.29 is 9.59 Å². The fraction of sp³-hybridized carbons (Fsp3) is 0.500. The van der Waals surface area contributed by atoms with Gasteiger partial charge in [0.1, 0.15) is 0 Å². The molecule has 1 saturated heterocycles. The number of hydrogen-bond acceptors (Lipinski definition) is 5. The topological polar surface area (TPSA) is 69.6 Å². The monoisotopic (exact) mass is 455 g/mol. The summed E-state index contributed by atoms with van der Waals surface area (Å²) in [5.41, 5.74) is 1.60. The van der Waals surface area contributed by atoms with Gasteiger partial charge in [0.25, 0.3) is 0 Å². The first-order chi connectivity index (χ1) is 15.5. The molecule has 0 unspecified atom stereocenters. The summed E-state index contributed by atoms with van der Waals surface area (Å²) in [6.07, 6.45) is 3.62. The van der Waals surface area contributed by atoms with Crippen LogP contribution in [0, 0.1) is 5.92 Å². The molecule has 0 atom stereocenters. The number of anilines is 1. The minimum absolute atomic E-state index is 0.0365. The number of benzene rings is 1. The fourth-order valence-corrected chi connectivity index (χ4v) is 4.29. The van der Waals surface area contributed by atoms with Crippen LogP contribution in [0.25, 0.3) is 11.3 Å². The summed E-state index contributed by atoms with van der Waals surface area (Å²) >= 11 is 6.27. The zero-order valence-corrected chi connectivity index (χ0v) is 19.3. The summed E-state index contributed by atoms with van der Waals surface area (Å²) < 4.78 is 0. The van der Waals surface area contributed by atoms with Crippen LogP contribution < -0.4 is 4.90 Å². The summed E-state index contributed by atoms with van der Waals surface area (Å²) in [5, 5.41) is 9.43. The molecule has 0 radical (unpaired) electrons. The predicted octanol–water partition coefficient (Wildman–Crippen LogP) is 3.48. The Balaban J connectivity index is 1.35. The average molecular weight is 456 g/mol. The quantitative estimate of drug-likeness (QED) is 0.639. The minimum Gasteiger partial charge on any atom is -0.353 e. The van der Waals surface area contributed by atoms with Gasteiger partial charge in [0.15, 0.2) is 5.82 Å². The molecule has 1 aromatic carbocycles. The molecule has 1 aromatic heterocycles. The molecule has 4 rings (SSSR count). The second-order valence-electron chi connectivity index (χ2n) is 8.55. The van der Waals surface area contributed by atoms with Crippen molar-refractivity contribution in [3.8, 4) is 11.3 Å². The van der Waals surface area contributed by atoms with Crippen LogP contribution in [0.5, 0.6) is 0 Å². The smallest absolute Gasteiger partial charge is 0.242 e. The van der Waals surface area contributed by atoms with Crippen molar-refractivity contribution in [2.45, 2.75) is 32.6 Å². The molecule has 170 valence electrons. The molecule has 2 fully saturated rings. The Hall–Kier alpha value is -2.67. The molecule has 1 aliphatic carbocycles. The van der Waals surface area contributed by atoms with Gasteiger partial charge in [0.05, 0.1) is 17.3 Å². The van der Waals surface area contributed by atoms with E-state index in [0.717, 1.165) is 42.9 Å². The summed E-state index contributed by atoms with van der Waals surface area (Å²) in [5.74, 6) is 1.47. The lowest BCUT2D eigenvalue weighted by Crippen LogP contribution is -2.44. The lowest BCUT2D eigenvalue weighted by atomic mass is 10.1. The highest BCUT2D eigenvalue weighted by atomic mass is 35.5. The Morgan fingerprint density at radius 3 is 2.56 bits per heavy atom. The standard InChI is InChI=1S/C24H30ClN5O2/c1-2-23(31)30(16-18-8-9-18)17-24(32)29-13-5-12-28(14-15-29)22-11-10-21(26-27-22)19-6-3-4-7-20(19)25/h3-4,6-7,10-11,18H,2,5,8-9,12-17H2,1H3. The normalized spacial score (nSPS) is 16.6. The van der Waals surface area contributed by atoms with E-state index in [0.29, 0.717) is 43.5 Å². The highest BCUT2D eigenvalue weighted by molar-refractivity contribution is 6.33. The molecule has 2 aliphatic rings. The van der Waals surface area contributed by atoms with Gasteiger partial charge in [-0.05, 0) is 43.4 Å². The maximum Gasteiger partial charge on any atom is 0.242 e. The van der Waals surface area contributed by atoms with Crippen molar-refractivity contribution in [2.24, 2.45) is 5.92 Å². The second-order valence-corrected chi connectivity index (χ2v) is 8.96. The van der Waals surface area contributed by atoms with Crippen molar-refractivity contribution in [1.82, 2.24) is 20.0 Å². The zero-order chi connectivity index (χ0) is 22.5. The highest BCUT2D eigenvalue weighted by Crippen LogP contribution is 2.30.